The molecule has 0 aromatic heterocycles. The normalized spacial score (nSPS) is 0. The van der Waals surface area contributed by atoms with Crippen LogP contribution < -0.4 is 0 Å². The van der Waals surface area contributed by atoms with E-state index in [-0.39, 0.29) is 49.7 Å². The standard InChI is InChI=1S/CH4.BH3.Co.Fe/h1H4;1H3;;. The third-order valence-corrected chi connectivity index (χ3v) is 0. The molecule has 0 heterocycles. The molecule has 0 aromatic rings. The average Bonchev–Trinajstić information content (AvgIpc) is 0. The van der Waals surface area contributed by atoms with Crippen molar-refractivity contribution in [2.24, 2.45) is 0 Å². The molecule has 0 fully saturated rings. The van der Waals surface area contributed by atoms with Crippen LogP contribution in [0.1, 0.15) is 7.43 Å². The summed E-state index contributed by atoms with van der Waals surface area (Å²) in [4.78, 5) is 0. The fourth-order valence-electron chi connectivity index (χ4n) is 0. The van der Waals surface area contributed by atoms with Crippen molar-refractivity contribution in [3.05, 3.63) is 0 Å². The van der Waals surface area contributed by atoms with Gasteiger partial charge < -0.3 is 0 Å². The first-order chi connectivity index (χ1) is 0. The Kier molecular flexibility index (Phi) is 588. The second-order valence-corrected chi connectivity index (χ2v) is 0. The molecule has 0 aliphatic rings. The first-order valence-electron chi connectivity index (χ1n) is 0. The third kappa shape index (κ3) is 11.4. The van der Waals surface area contributed by atoms with Gasteiger partial charge >= 0.3 is 0 Å². The molecule has 0 aliphatic carbocycles. The van der Waals surface area contributed by atoms with Gasteiger partial charge in [0.1, 0.15) is 0 Å². The molecule has 0 atom stereocenters. The average molecular weight is 145 g/mol. The zero-order valence-electron chi connectivity index (χ0n) is 0.687. The van der Waals surface area contributed by atoms with E-state index in [1.165, 1.54) is 0 Å². The maximum Gasteiger partial charge on any atom is 0.0814 e. The summed E-state index contributed by atoms with van der Waals surface area (Å²) in [5.74, 6) is 0. The molecule has 0 bridgehead atoms. The Labute approximate surface area is 50.0 Å². The summed E-state index contributed by atoms with van der Waals surface area (Å²) in [5, 5.41) is 0. The van der Waals surface area contributed by atoms with E-state index in [0.717, 1.165) is 0 Å². The quantitative estimate of drug-likeness (QED) is 0.401. The van der Waals surface area contributed by atoms with Crippen molar-refractivity contribution in [2.75, 3.05) is 0 Å². The largest absolute Gasteiger partial charge is 0.0814 e. The molecule has 0 spiro atoms. The minimum atomic E-state index is 0. The molecule has 0 unspecified atom stereocenters. The van der Waals surface area contributed by atoms with Crippen LogP contribution in [0.4, 0.5) is 0 Å². The second kappa shape index (κ2) is 32.8. The predicted octanol–water partition coefficient (Wildman–Crippen LogP) is -0.553. The molecule has 0 amide bonds. The van der Waals surface area contributed by atoms with Crippen LogP contribution in [0.15, 0.2) is 0 Å². The van der Waals surface area contributed by atoms with E-state index in [2.05, 4.69) is 0 Å². The van der Waals surface area contributed by atoms with Crippen molar-refractivity contribution in [1.82, 2.24) is 0 Å². The van der Waals surface area contributed by atoms with Crippen LogP contribution in [0.5, 0.6) is 0 Å². The van der Waals surface area contributed by atoms with Gasteiger partial charge in [0.25, 0.3) is 0 Å². The van der Waals surface area contributed by atoms with Crippen molar-refractivity contribution in [2.45, 2.75) is 7.43 Å². The molecule has 0 aromatic carbocycles. The van der Waals surface area contributed by atoms with Gasteiger partial charge in [-0.1, -0.05) is 7.43 Å². The molecule has 0 saturated heterocycles. The molecule has 0 aliphatic heterocycles. The van der Waals surface area contributed by atoms with Gasteiger partial charge in [-0.05, 0) is 0 Å². The molecular formula is CH7BCoFe. The van der Waals surface area contributed by atoms with Gasteiger partial charge in [0.15, 0.2) is 0 Å². The Morgan fingerprint density at radius 3 is 1.00 bits per heavy atom. The Bertz CT molecular complexity index is 8.00. The van der Waals surface area contributed by atoms with Crippen molar-refractivity contribution < 1.29 is 33.8 Å². The molecule has 0 N–H and O–H groups in total. The van der Waals surface area contributed by atoms with E-state index < -0.39 is 0 Å². The summed E-state index contributed by atoms with van der Waals surface area (Å²) in [6.07, 6.45) is 0. The van der Waals surface area contributed by atoms with Crippen LogP contribution in [0.25, 0.3) is 0 Å². The van der Waals surface area contributed by atoms with Crippen molar-refractivity contribution in [1.29, 1.82) is 0 Å². The number of hydrogen-bond acceptors (Lipinski definition) is 0. The van der Waals surface area contributed by atoms with Crippen molar-refractivity contribution >= 4 is 8.41 Å². The van der Waals surface area contributed by atoms with Crippen LogP contribution in [-0.2, 0) is 33.8 Å². The minimum Gasteiger partial charge on any atom is -0.0776 e. The van der Waals surface area contributed by atoms with Crippen molar-refractivity contribution in [3.8, 4) is 0 Å². The van der Waals surface area contributed by atoms with Gasteiger partial charge in [0, 0.05) is 33.8 Å². The summed E-state index contributed by atoms with van der Waals surface area (Å²) in [7, 11) is 0. The summed E-state index contributed by atoms with van der Waals surface area (Å²) >= 11 is 0. The van der Waals surface area contributed by atoms with Crippen LogP contribution >= 0.6 is 0 Å². The fourth-order valence-corrected chi connectivity index (χ4v) is 0. The Balaban J connectivity index is 0. The van der Waals surface area contributed by atoms with Crippen molar-refractivity contribution in [3.63, 3.8) is 0 Å². The van der Waals surface area contributed by atoms with Gasteiger partial charge in [0.2, 0.25) is 0 Å². The topological polar surface area (TPSA) is 0 Å². The van der Waals surface area contributed by atoms with Gasteiger partial charge in [-0.25, -0.2) is 0 Å². The zero-order chi connectivity index (χ0) is 0. The summed E-state index contributed by atoms with van der Waals surface area (Å²) in [5.41, 5.74) is 0. The van der Waals surface area contributed by atoms with E-state index >= 15 is 0 Å². The maximum atomic E-state index is 0. The Hall–Kier alpha value is 1.09. The zero-order valence-corrected chi connectivity index (χ0v) is 2.83. The maximum absolute atomic E-state index is 0. The van der Waals surface area contributed by atoms with Crippen LogP contribution in [0.2, 0.25) is 0 Å². The molecule has 1 radical (unpaired) electrons. The van der Waals surface area contributed by atoms with Gasteiger partial charge in [0.05, 0.1) is 8.41 Å². The molecule has 0 nitrogen and oxygen atoms in total. The smallest absolute Gasteiger partial charge is 0.0776 e. The predicted molar refractivity (Wildman–Crippen MR) is 16.7 cm³/mol. The first kappa shape index (κ1) is 71.6. The van der Waals surface area contributed by atoms with E-state index in [0.29, 0.717) is 0 Å². The third-order valence-electron chi connectivity index (χ3n) is 0. The minimum absolute atomic E-state index is 0. The van der Waals surface area contributed by atoms with E-state index in [1.807, 2.05) is 0 Å². The van der Waals surface area contributed by atoms with E-state index in [9.17, 15) is 0 Å². The SMILES string of the molecule is B.C.[Co].[Fe]. The fraction of sp³-hybridized carbons (Fsp3) is 1.00. The second-order valence-electron chi connectivity index (χ2n) is 0. The van der Waals surface area contributed by atoms with Gasteiger partial charge in [-0.2, -0.15) is 0 Å². The van der Waals surface area contributed by atoms with E-state index in [1.54, 1.807) is 0 Å². The summed E-state index contributed by atoms with van der Waals surface area (Å²) < 4.78 is 0. The van der Waals surface area contributed by atoms with Crippen LogP contribution in [0, 0.1) is 0 Å². The number of rotatable bonds is 0. The van der Waals surface area contributed by atoms with Gasteiger partial charge in [-0.15, -0.1) is 0 Å². The van der Waals surface area contributed by atoms with Gasteiger partial charge in [-0.3, -0.25) is 0 Å². The Morgan fingerprint density at radius 2 is 1.00 bits per heavy atom. The number of hydrogen-bond donors (Lipinski definition) is 0. The molecule has 0 saturated carbocycles. The molecular weight excluding hydrogens is 138 g/mol. The molecule has 31 valence electrons. The molecule has 3 heteroatoms. The van der Waals surface area contributed by atoms with Crippen LogP contribution in [-0.4, -0.2) is 8.41 Å². The first-order valence-corrected chi connectivity index (χ1v) is 0. The monoisotopic (exact) mass is 145 g/mol. The van der Waals surface area contributed by atoms with Crippen LogP contribution in [0.3, 0.4) is 0 Å². The summed E-state index contributed by atoms with van der Waals surface area (Å²) in [6.45, 7) is 0. The Morgan fingerprint density at radius 1 is 1.00 bits per heavy atom. The van der Waals surface area contributed by atoms with E-state index in [4.69, 9.17) is 0 Å². The molecule has 4 heavy (non-hydrogen) atoms. The molecule has 0 rings (SSSR count). The summed E-state index contributed by atoms with van der Waals surface area (Å²) in [6, 6.07) is 0.